The first-order valence-electron chi connectivity index (χ1n) is 12.5. The quantitative estimate of drug-likeness (QED) is 0.362. The first kappa shape index (κ1) is 26.1. The Morgan fingerprint density at radius 3 is 2.53 bits per heavy atom. The van der Waals surface area contributed by atoms with E-state index in [1.54, 1.807) is 24.4 Å². The van der Waals surface area contributed by atoms with E-state index in [9.17, 15) is 23.8 Å². The molecule has 1 aromatic heterocycles. The van der Waals surface area contributed by atoms with E-state index in [0.717, 1.165) is 28.3 Å². The van der Waals surface area contributed by atoms with E-state index in [4.69, 9.17) is 14.6 Å². The summed E-state index contributed by atoms with van der Waals surface area (Å²) in [5, 5.41) is 27.7. The number of aliphatic carboxylic acids is 1. The molecule has 5 rings (SSSR count). The molecule has 1 heterocycles. The van der Waals surface area contributed by atoms with Gasteiger partial charge in [0.05, 0.1) is 25.2 Å². The molecular formula is C29H29F2NO6. The number of halogens is 2. The number of pyridine rings is 1. The Morgan fingerprint density at radius 1 is 1.11 bits per heavy atom. The number of aliphatic hydroxyl groups excluding tert-OH is 2. The number of carboxylic acid groups (broad SMARTS) is 1. The molecule has 7 nitrogen and oxygen atoms in total. The molecule has 0 saturated heterocycles. The van der Waals surface area contributed by atoms with E-state index in [1.165, 1.54) is 6.07 Å². The van der Waals surface area contributed by atoms with Gasteiger partial charge in [0.1, 0.15) is 24.0 Å². The van der Waals surface area contributed by atoms with Crippen molar-refractivity contribution in [1.82, 2.24) is 4.98 Å². The average Bonchev–Trinajstić information content (AvgIpc) is 3.46. The van der Waals surface area contributed by atoms with Gasteiger partial charge in [-0.1, -0.05) is 0 Å². The molecule has 2 aliphatic rings. The molecule has 4 atom stereocenters. The van der Waals surface area contributed by atoms with Crippen molar-refractivity contribution >= 4 is 5.97 Å². The highest BCUT2D eigenvalue weighted by molar-refractivity contribution is 5.78. The highest BCUT2D eigenvalue weighted by Crippen LogP contribution is 2.61. The van der Waals surface area contributed by atoms with Crippen molar-refractivity contribution in [3.05, 3.63) is 76.0 Å². The van der Waals surface area contributed by atoms with Crippen LogP contribution in [-0.4, -0.2) is 45.6 Å². The van der Waals surface area contributed by atoms with Gasteiger partial charge in [0.25, 0.3) is 0 Å². The van der Waals surface area contributed by atoms with Crippen LogP contribution in [-0.2, 0) is 17.8 Å². The van der Waals surface area contributed by atoms with Gasteiger partial charge in [-0.05, 0) is 72.2 Å². The third kappa shape index (κ3) is 4.96. The highest BCUT2D eigenvalue weighted by atomic mass is 19.1. The van der Waals surface area contributed by atoms with Crippen molar-refractivity contribution in [1.29, 1.82) is 0 Å². The van der Waals surface area contributed by atoms with Crippen LogP contribution in [0, 0.1) is 37.3 Å². The number of ether oxygens (including phenoxy) is 2. The van der Waals surface area contributed by atoms with Crippen molar-refractivity contribution in [3.63, 3.8) is 0 Å². The van der Waals surface area contributed by atoms with Gasteiger partial charge in [-0.3, -0.25) is 4.79 Å². The number of benzene rings is 2. The van der Waals surface area contributed by atoms with Crippen molar-refractivity contribution < 1.29 is 38.4 Å². The van der Waals surface area contributed by atoms with E-state index in [0.29, 0.717) is 23.6 Å². The lowest BCUT2D eigenvalue weighted by Crippen LogP contribution is -2.15. The first-order valence-corrected chi connectivity index (χ1v) is 12.5. The topological polar surface area (TPSA) is 109 Å². The molecule has 200 valence electrons. The number of fused-ring (bicyclic) bond motifs is 3. The molecule has 9 heteroatoms. The van der Waals surface area contributed by atoms with Gasteiger partial charge in [-0.2, -0.15) is 0 Å². The monoisotopic (exact) mass is 525 g/mol. The summed E-state index contributed by atoms with van der Waals surface area (Å²) < 4.78 is 41.0. The average molecular weight is 526 g/mol. The van der Waals surface area contributed by atoms with Crippen LogP contribution in [0.5, 0.6) is 11.6 Å². The molecule has 2 aromatic carbocycles. The zero-order valence-corrected chi connectivity index (χ0v) is 21.1. The summed E-state index contributed by atoms with van der Waals surface area (Å²) in [4.78, 5) is 15.6. The maximum absolute atomic E-state index is 14.9. The maximum atomic E-state index is 14.9. The molecule has 0 aliphatic heterocycles. The van der Waals surface area contributed by atoms with Crippen LogP contribution >= 0.6 is 0 Å². The van der Waals surface area contributed by atoms with Crippen LogP contribution in [0.4, 0.5) is 8.78 Å². The fourth-order valence-corrected chi connectivity index (χ4v) is 5.57. The van der Waals surface area contributed by atoms with Gasteiger partial charge >= 0.3 is 5.97 Å². The molecule has 1 unspecified atom stereocenters. The molecular weight excluding hydrogens is 496 g/mol. The minimum Gasteiger partial charge on any atom is -0.493 e. The Hall–Kier alpha value is -3.56. The smallest absolute Gasteiger partial charge is 0.307 e. The second-order valence-corrected chi connectivity index (χ2v) is 10.1. The Labute approximate surface area is 218 Å². The number of aryl methyl sites for hydroxylation is 2. The van der Waals surface area contributed by atoms with E-state index in [-0.39, 0.29) is 55.1 Å². The highest BCUT2D eigenvalue weighted by Gasteiger charge is 2.59. The standard InChI is InChI=1S/C29H29F2NO6/c1-14-5-19(37-4-3-18(34)12-33)6-15(2)26(14)20-8-17(23(30)10-24(20)31)13-38-25-9-16-7-21-27(22(16)11-32-25)28(21)29(35)36/h5-6,8-11,18,21,27-28,33-34H,3-4,7,12-13H2,1-2H3,(H,35,36)/t18?,21-,27-,28+/m1/s1. The minimum absolute atomic E-state index is 0.0107. The Kier molecular flexibility index (Phi) is 7.07. The Balaban J connectivity index is 1.31. The van der Waals surface area contributed by atoms with Crippen molar-refractivity contribution in [2.75, 3.05) is 13.2 Å². The second-order valence-electron chi connectivity index (χ2n) is 10.1. The van der Waals surface area contributed by atoms with Crippen molar-refractivity contribution in [3.8, 4) is 22.8 Å². The lowest BCUT2D eigenvalue weighted by molar-refractivity contribution is -0.139. The lowest BCUT2D eigenvalue weighted by Gasteiger charge is -2.16. The molecule has 1 fully saturated rings. The van der Waals surface area contributed by atoms with Crippen LogP contribution < -0.4 is 9.47 Å². The largest absolute Gasteiger partial charge is 0.493 e. The van der Waals surface area contributed by atoms with Crippen LogP contribution in [0.2, 0.25) is 0 Å². The maximum Gasteiger partial charge on any atom is 0.307 e. The van der Waals surface area contributed by atoms with Crippen LogP contribution in [0.15, 0.2) is 36.5 Å². The van der Waals surface area contributed by atoms with E-state index < -0.39 is 23.7 Å². The van der Waals surface area contributed by atoms with E-state index in [1.807, 2.05) is 13.8 Å². The molecule has 0 spiro atoms. The summed E-state index contributed by atoms with van der Waals surface area (Å²) >= 11 is 0. The summed E-state index contributed by atoms with van der Waals surface area (Å²) in [6.07, 6.45) is 1.72. The molecule has 0 amide bonds. The summed E-state index contributed by atoms with van der Waals surface area (Å²) in [5.74, 6) is -1.56. The molecule has 1 saturated carbocycles. The number of nitrogens with zero attached hydrogens (tertiary/aromatic N) is 1. The van der Waals surface area contributed by atoms with Crippen LogP contribution in [0.3, 0.4) is 0 Å². The lowest BCUT2D eigenvalue weighted by atomic mass is 9.93. The number of carbonyl (C=O) groups is 1. The second kappa shape index (κ2) is 10.3. The van der Waals surface area contributed by atoms with Gasteiger partial charge in [0.15, 0.2) is 0 Å². The first-order chi connectivity index (χ1) is 18.2. The van der Waals surface area contributed by atoms with E-state index >= 15 is 0 Å². The molecule has 38 heavy (non-hydrogen) atoms. The number of aliphatic hydroxyl groups is 2. The fourth-order valence-electron chi connectivity index (χ4n) is 5.57. The SMILES string of the molecule is Cc1cc(OCCC(O)CO)cc(C)c1-c1cc(COc2cc3c(cn2)[C@H]2[C@@H](C3)[C@@H]2C(=O)O)c(F)cc1F. The Morgan fingerprint density at radius 2 is 1.84 bits per heavy atom. The van der Waals surface area contributed by atoms with Gasteiger partial charge < -0.3 is 24.8 Å². The third-order valence-electron chi connectivity index (χ3n) is 7.49. The summed E-state index contributed by atoms with van der Waals surface area (Å²) in [6.45, 7) is 3.34. The number of hydrogen-bond acceptors (Lipinski definition) is 6. The normalized spacial score (nSPS) is 20.0. The molecule has 0 radical (unpaired) electrons. The van der Waals surface area contributed by atoms with Gasteiger partial charge in [0, 0.05) is 41.8 Å². The minimum atomic E-state index is -0.854. The molecule has 3 aromatic rings. The predicted octanol–water partition coefficient (Wildman–Crippen LogP) is 4.32. The third-order valence-corrected chi connectivity index (χ3v) is 7.49. The fraction of sp³-hybridized carbons (Fsp3) is 0.379. The number of aromatic nitrogens is 1. The van der Waals surface area contributed by atoms with Gasteiger partial charge in [-0.25, -0.2) is 13.8 Å². The summed E-state index contributed by atoms with van der Waals surface area (Å²) in [5.41, 5.74) is 4.44. The van der Waals surface area contributed by atoms with Crippen LogP contribution in [0.1, 0.15) is 40.2 Å². The predicted molar refractivity (Wildman–Crippen MR) is 134 cm³/mol. The van der Waals surface area contributed by atoms with Gasteiger partial charge in [-0.15, -0.1) is 0 Å². The molecule has 0 bridgehead atoms. The zero-order valence-electron chi connectivity index (χ0n) is 21.1. The summed E-state index contributed by atoms with van der Waals surface area (Å²) in [6, 6.07) is 7.57. The van der Waals surface area contributed by atoms with Crippen LogP contribution in [0.25, 0.3) is 11.1 Å². The summed E-state index contributed by atoms with van der Waals surface area (Å²) in [7, 11) is 0. The number of rotatable bonds is 10. The molecule has 3 N–H and O–H groups in total. The Bertz CT molecular complexity index is 1370. The van der Waals surface area contributed by atoms with Crippen molar-refractivity contribution in [2.24, 2.45) is 11.8 Å². The number of carboxylic acids is 1. The van der Waals surface area contributed by atoms with Gasteiger partial charge in [0.2, 0.25) is 5.88 Å². The van der Waals surface area contributed by atoms with E-state index in [2.05, 4.69) is 4.98 Å². The number of hydrogen-bond donors (Lipinski definition) is 3. The zero-order chi connectivity index (χ0) is 27.1. The van der Waals surface area contributed by atoms with Crippen molar-refractivity contribution in [2.45, 2.75) is 45.3 Å². The molecule has 2 aliphatic carbocycles.